The average molecular weight is 432 g/mol. The van der Waals surface area contributed by atoms with E-state index in [0.717, 1.165) is 60.3 Å². The van der Waals surface area contributed by atoms with Gasteiger partial charge in [-0.3, -0.25) is 0 Å². The number of anilines is 1. The first-order chi connectivity index (χ1) is 15.6. The van der Waals surface area contributed by atoms with Gasteiger partial charge >= 0.3 is 0 Å². The Balaban J connectivity index is 1.46. The van der Waals surface area contributed by atoms with Gasteiger partial charge in [-0.05, 0) is 50.2 Å². The normalized spacial score (nSPS) is 16.5. The molecule has 8 heteroatoms. The van der Waals surface area contributed by atoms with Crippen LogP contribution in [0.1, 0.15) is 44.0 Å². The minimum atomic E-state index is -0.0843. The van der Waals surface area contributed by atoms with E-state index in [1.807, 2.05) is 0 Å². The van der Waals surface area contributed by atoms with E-state index in [4.69, 9.17) is 9.72 Å². The third-order valence-electron chi connectivity index (χ3n) is 6.33. The molecular formula is C24H29N7O. The van der Waals surface area contributed by atoms with Crippen molar-refractivity contribution in [3.05, 3.63) is 48.2 Å². The summed E-state index contributed by atoms with van der Waals surface area (Å²) in [7, 11) is 0. The number of hydrogen-bond acceptors (Lipinski definition) is 7. The zero-order chi connectivity index (χ0) is 22.1. The lowest BCUT2D eigenvalue weighted by Gasteiger charge is -2.31. The van der Waals surface area contributed by atoms with Gasteiger partial charge in [-0.1, -0.05) is 25.1 Å². The summed E-state index contributed by atoms with van der Waals surface area (Å²) in [5, 5.41) is 5.68. The van der Waals surface area contributed by atoms with Crippen molar-refractivity contribution < 1.29 is 4.74 Å². The van der Waals surface area contributed by atoms with Crippen LogP contribution < -0.4 is 10.1 Å². The van der Waals surface area contributed by atoms with Crippen LogP contribution in [-0.2, 0) is 0 Å². The van der Waals surface area contributed by atoms with E-state index >= 15 is 0 Å². The van der Waals surface area contributed by atoms with E-state index in [2.05, 4.69) is 75.2 Å². The van der Waals surface area contributed by atoms with Crippen LogP contribution in [0.3, 0.4) is 0 Å². The van der Waals surface area contributed by atoms with Crippen LogP contribution in [0.15, 0.2) is 36.9 Å². The number of likely N-dealkylation sites (tertiary alicyclic amines) is 1. The van der Waals surface area contributed by atoms with Crippen molar-refractivity contribution in [3.8, 4) is 5.88 Å². The summed E-state index contributed by atoms with van der Waals surface area (Å²) in [4.78, 5) is 23.4. The van der Waals surface area contributed by atoms with Gasteiger partial charge in [-0.2, -0.15) is 0 Å². The highest BCUT2D eigenvalue weighted by molar-refractivity contribution is 5.90. The lowest BCUT2D eigenvalue weighted by Crippen LogP contribution is -2.38. The Morgan fingerprint density at radius 3 is 2.88 bits per heavy atom. The largest absolute Gasteiger partial charge is 0.474 e. The number of fused-ring (bicyclic) bond motifs is 2. The molecule has 1 aliphatic heterocycles. The molecule has 0 radical (unpaired) electrons. The molecule has 0 bridgehead atoms. The fourth-order valence-corrected chi connectivity index (χ4v) is 4.43. The van der Waals surface area contributed by atoms with Gasteiger partial charge in [0.15, 0.2) is 11.5 Å². The second-order valence-corrected chi connectivity index (χ2v) is 8.46. The van der Waals surface area contributed by atoms with Crippen molar-refractivity contribution in [1.82, 2.24) is 29.8 Å². The SMILES string of the molecule is CCN1CCC(Oc2nc(C(C)Nc3ncnc4[nH]cnc34)cc3cccc(C)c23)CC1. The molecule has 4 aromatic rings. The Hall–Kier alpha value is -3.26. The van der Waals surface area contributed by atoms with Crippen molar-refractivity contribution in [1.29, 1.82) is 0 Å². The number of aryl methyl sites for hydroxylation is 1. The second kappa shape index (κ2) is 8.70. The highest BCUT2D eigenvalue weighted by atomic mass is 16.5. The van der Waals surface area contributed by atoms with E-state index in [1.165, 1.54) is 11.9 Å². The number of piperidine rings is 1. The molecule has 32 heavy (non-hydrogen) atoms. The summed E-state index contributed by atoms with van der Waals surface area (Å²) in [6.45, 7) is 9.65. The number of hydrogen-bond donors (Lipinski definition) is 2. The number of pyridine rings is 1. The summed E-state index contributed by atoms with van der Waals surface area (Å²) < 4.78 is 6.53. The molecule has 8 nitrogen and oxygen atoms in total. The van der Waals surface area contributed by atoms with Gasteiger partial charge in [0.25, 0.3) is 0 Å². The zero-order valence-corrected chi connectivity index (χ0v) is 18.8. The molecule has 4 heterocycles. The first kappa shape index (κ1) is 20.6. The predicted molar refractivity (Wildman–Crippen MR) is 126 cm³/mol. The lowest BCUT2D eigenvalue weighted by molar-refractivity contribution is 0.101. The molecule has 1 unspecified atom stereocenters. The van der Waals surface area contributed by atoms with Crippen LogP contribution in [0.5, 0.6) is 5.88 Å². The van der Waals surface area contributed by atoms with Crippen LogP contribution in [0, 0.1) is 6.92 Å². The summed E-state index contributed by atoms with van der Waals surface area (Å²) in [6, 6.07) is 8.38. The number of nitrogens with one attached hydrogen (secondary N) is 2. The first-order valence-electron chi connectivity index (χ1n) is 11.3. The van der Waals surface area contributed by atoms with E-state index < -0.39 is 0 Å². The van der Waals surface area contributed by atoms with Crippen molar-refractivity contribution in [2.45, 2.75) is 45.8 Å². The van der Waals surface area contributed by atoms with Crippen LogP contribution in [-0.4, -0.2) is 55.6 Å². The van der Waals surface area contributed by atoms with Crippen molar-refractivity contribution in [2.75, 3.05) is 25.0 Å². The average Bonchev–Trinajstić information content (AvgIpc) is 3.29. The minimum absolute atomic E-state index is 0.0843. The maximum atomic E-state index is 6.53. The molecule has 1 atom stereocenters. The maximum Gasteiger partial charge on any atom is 0.222 e. The number of rotatable bonds is 6. The molecule has 0 spiro atoms. The third-order valence-corrected chi connectivity index (χ3v) is 6.33. The molecule has 1 fully saturated rings. The molecule has 5 rings (SSSR count). The standard InChI is InChI=1S/C24H29N7O/c1-4-31-10-8-18(9-11-31)32-24-20-15(2)6-5-7-17(20)12-19(30-24)16(3)29-23-21-22(26-13-25-21)27-14-28-23/h5-7,12-14,16,18H,4,8-11H2,1-3H3,(H2,25,26,27,28,29). The second-order valence-electron chi connectivity index (χ2n) is 8.46. The molecule has 3 aromatic heterocycles. The number of aromatic nitrogens is 5. The van der Waals surface area contributed by atoms with Gasteiger partial charge in [0, 0.05) is 18.5 Å². The summed E-state index contributed by atoms with van der Waals surface area (Å²) in [5.41, 5.74) is 3.51. The van der Waals surface area contributed by atoms with Gasteiger partial charge in [-0.25, -0.2) is 19.9 Å². The van der Waals surface area contributed by atoms with E-state index in [1.54, 1.807) is 6.33 Å². The Morgan fingerprint density at radius 2 is 2.06 bits per heavy atom. The predicted octanol–water partition coefficient (Wildman–Crippen LogP) is 4.25. The number of nitrogens with zero attached hydrogens (tertiary/aromatic N) is 5. The molecule has 166 valence electrons. The highest BCUT2D eigenvalue weighted by Gasteiger charge is 2.22. The maximum absolute atomic E-state index is 6.53. The van der Waals surface area contributed by atoms with Gasteiger partial charge in [0.05, 0.1) is 18.1 Å². The molecule has 0 saturated carbocycles. The van der Waals surface area contributed by atoms with Gasteiger partial charge in [0.1, 0.15) is 17.9 Å². The molecule has 1 aliphatic rings. The number of aromatic amines is 1. The topological polar surface area (TPSA) is 91.9 Å². The smallest absolute Gasteiger partial charge is 0.222 e. The molecule has 1 aromatic carbocycles. The van der Waals surface area contributed by atoms with Gasteiger partial charge in [-0.15, -0.1) is 0 Å². The Kier molecular flexibility index (Phi) is 5.61. The highest BCUT2D eigenvalue weighted by Crippen LogP contribution is 2.32. The number of H-pyrrole nitrogens is 1. The van der Waals surface area contributed by atoms with Crippen LogP contribution in [0.25, 0.3) is 21.9 Å². The number of imidazole rings is 1. The first-order valence-corrected chi connectivity index (χ1v) is 11.3. The summed E-state index contributed by atoms with van der Waals surface area (Å²) in [5.74, 6) is 1.41. The molecule has 1 saturated heterocycles. The monoisotopic (exact) mass is 431 g/mol. The van der Waals surface area contributed by atoms with Crippen LogP contribution in [0.2, 0.25) is 0 Å². The number of benzene rings is 1. The fourth-order valence-electron chi connectivity index (χ4n) is 4.43. The molecule has 2 N–H and O–H groups in total. The fraction of sp³-hybridized carbons (Fsp3) is 0.417. The van der Waals surface area contributed by atoms with Crippen LogP contribution in [0.4, 0.5) is 5.82 Å². The number of ether oxygens (including phenoxy) is 1. The van der Waals surface area contributed by atoms with Gasteiger partial charge < -0.3 is 19.9 Å². The zero-order valence-electron chi connectivity index (χ0n) is 18.8. The van der Waals surface area contributed by atoms with Crippen molar-refractivity contribution in [3.63, 3.8) is 0 Å². The Bertz CT molecular complexity index is 1230. The molecular weight excluding hydrogens is 402 g/mol. The summed E-state index contributed by atoms with van der Waals surface area (Å²) >= 11 is 0. The van der Waals surface area contributed by atoms with E-state index in [-0.39, 0.29) is 12.1 Å². The van der Waals surface area contributed by atoms with Crippen molar-refractivity contribution in [2.24, 2.45) is 0 Å². The van der Waals surface area contributed by atoms with E-state index in [9.17, 15) is 0 Å². The lowest BCUT2D eigenvalue weighted by atomic mass is 10.0. The Labute approximate surface area is 187 Å². The third kappa shape index (κ3) is 3.98. The van der Waals surface area contributed by atoms with Crippen molar-refractivity contribution >= 4 is 27.8 Å². The quantitative estimate of drug-likeness (QED) is 0.472. The Morgan fingerprint density at radius 1 is 1.22 bits per heavy atom. The minimum Gasteiger partial charge on any atom is -0.474 e. The molecule has 0 amide bonds. The van der Waals surface area contributed by atoms with Gasteiger partial charge in [0.2, 0.25) is 5.88 Å². The van der Waals surface area contributed by atoms with E-state index in [0.29, 0.717) is 11.5 Å². The molecule has 0 aliphatic carbocycles. The van der Waals surface area contributed by atoms with Crippen LogP contribution >= 0.6 is 0 Å². The summed E-state index contributed by atoms with van der Waals surface area (Å²) in [6.07, 6.45) is 5.40.